The van der Waals surface area contributed by atoms with Gasteiger partial charge in [0.25, 0.3) is 0 Å². The number of anilines is 1. The van der Waals surface area contributed by atoms with E-state index in [0.717, 1.165) is 5.56 Å². The number of rotatable bonds is 3. The van der Waals surface area contributed by atoms with Crippen molar-refractivity contribution in [3.05, 3.63) is 57.9 Å². The van der Waals surface area contributed by atoms with Crippen LogP contribution in [0.15, 0.2) is 41.0 Å². The summed E-state index contributed by atoms with van der Waals surface area (Å²) in [5.41, 5.74) is 6.95. The van der Waals surface area contributed by atoms with Crippen LogP contribution in [0.3, 0.4) is 0 Å². The minimum Gasteiger partial charge on any atom is -0.388 e. The molecule has 0 radical (unpaired) electrons. The molecule has 2 rings (SSSR count). The van der Waals surface area contributed by atoms with Crippen molar-refractivity contribution in [3.8, 4) is 0 Å². The van der Waals surface area contributed by atoms with Crippen molar-refractivity contribution in [3.63, 3.8) is 0 Å². The molecule has 1 heterocycles. The number of nitrogens with zero attached hydrogens (tertiary/aromatic N) is 1. The number of pyridine rings is 1. The highest BCUT2D eigenvalue weighted by molar-refractivity contribution is 9.10. The van der Waals surface area contributed by atoms with Gasteiger partial charge in [-0.1, -0.05) is 6.07 Å². The molecule has 0 saturated carbocycles. The predicted molar refractivity (Wildman–Crippen MR) is 71.4 cm³/mol. The Morgan fingerprint density at radius 2 is 2.11 bits per heavy atom. The van der Waals surface area contributed by atoms with Crippen molar-refractivity contribution in [2.45, 2.75) is 12.5 Å². The van der Waals surface area contributed by atoms with Gasteiger partial charge in [-0.25, -0.2) is 9.37 Å². The van der Waals surface area contributed by atoms with E-state index in [1.165, 1.54) is 6.07 Å². The molecule has 0 aliphatic carbocycles. The summed E-state index contributed by atoms with van der Waals surface area (Å²) in [6, 6.07) is 8.05. The van der Waals surface area contributed by atoms with E-state index < -0.39 is 6.10 Å². The number of aliphatic hydroxyl groups excluding tert-OH is 1. The monoisotopic (exact) mass is 310 g/mol. The topological polar surface area (TPSA) is 59.1 Å². The molecule has 3 N–H and O–H groups in total. The molecule has 1 aromatic heterocycles. The molecule has 18 heavy (non-hydrogen) atoms. The molecular formula is C13H12BrFN2O. The van der Waals surface area contributed by atoms with Crippen molar-refractivity contribution in [2.24, 2.45) is 0 Å². The molecule has 0 amide bonds. The first kappa shape index (κ1) is 13.0. The van der Waals surface area contributed by atoms with E-state index in [-0.39, 0.29) is 5.82 Å². The maximum absolute atomic E-state index is 13.4. The molecule has 3 nitrogen and oxygen atoms in total. The van der Waals surface area contributed by atoms with Gasteiger partial charge in [-0.2, -0.15) is 0 Å². The molecule has 2 aromatic rings. The normalized spacial score (nSPS) is 12.4. The van der Waals surface area contributed by atoms with Crippen molar-refractivity contribution in [1.29, 1.82) is 0 Å². The summed E-state index contributed by atoms with van der Waals surface area (Å²) >= 11 is 3.07. The van der Waals surface area contributed by atoms with Crippen molar-refractivity contribution in [1.82, 2.24) is 4.98 Å². The highest BCUT2D eigenvalue weighted by Gasteiger charge is 2.11. The third kappa shape index (κ3) is 3.05. The maximum Gasteiger partial charge on any atom is 0.137 e. The third-order valence-corrected chi connectivity index (χ3v) is 3.25. The fourth-order valence-electron chi connectivity index (χ4n) is 1.68. The highest BCUT2D eigenvalue weighted by atomic mass is 79.9. The van der Waals surface area contributed by atoms with Gasteiger partial charge < -0.3 is 10.8 Å². The fourth-order valence-corrected chi connectivity index (χ4v) is 1.93. The quantitative estimate of drug-likeness (QED) is 0.916. The molecule has 0 bridgehead atoms. The SMILES string of the molecule is Nc1cc(CC(O)c2ccc(Br)c(F)c2)ccn1. The summed E-state index contributed by atoms with van der Waals surface area (Å²) in [6.45, 7) is 0. The highest BCUT2D eigenvalue weighted by Crippen LogP contribution is 2.23. The van der Waals surface area contributed by atoms with Crippen LogP contribution in [0.1, 0.15) is 17.2 Å². The number of aliphatic hydroxyl groups is 1. The van der Waals surface area contributed by atoms with Crippen LogP contribution in [0, 0.1) is 5.82 Å². The number of hydrogen-bond acceptors (Lipinski definition) is 3. The summed E-state index contributed by atoms with van der Waals surface area (Å²) in [4.78, 5) is 3.88. The molecule has 0 fully saturated rings. The van der Waals surface area contributed by atoms with Crippen LogP contribution in [-0.4, -0.2) is 10.1 Å². The minimum absolute atomic E-state index is 0.369. The molecule has 0 saturated heterocycles. The van der Waals surface area contributed by atoms with Gasteiger partial charge in [0.1, 0.15) is 11.6 Å². The molecular weight excluding hydrogens is 299 g/mol. The second kappa shape index (κ2) is 5.46. The molecule has 0 aliphatic rings. The van der Waals surface area contributed by atoms with Gasteiger partial charge in [-0.3, -0.25) is 0 Å². The van der Waals surface area contributed by atoms with Crippen LogP contribution in [0.25, 0.3) is 0 Å². The Kier molecular flexibility index (Phi) is 3.93. The number of nitrogen functional groups attached to an aromatic ring is 1. The van der Waals surface area contributed by atoms with Gasteiger partial charge in [0.15, 0.2) is 0 Å². The van der Waals surface area contributed by atoms with Gasteiger partial charge in [0.05, 0.1) is 10.6 Å². The molecule has 94 valence electrons. The van der Waals surface area contributed by atoms with E-state index in [1.807, 2.05) is 0 Å². The first-order valence-corrected chi connectivity index (χ1v) is 6.19. The minimum atomic E-state index is -0.769. The number of aromatic nitrogens is 1. The Bertz CT molecular complexity index is 562. The average molecular weight is 311 g/mol. The van der Waals surface area contributed by atoms with Crippen molar-refractivity contribution < 1.29 is 9.50 Å². The number of nitrogens with two attached hydrogens (primary N) is 1. The zero-order chi connectivity index (χ0) is 13.1. The summed E-state index contributed by atoms with van der Waals surface area (Å²) in [7, 11) is 0. The van der Waals surface area contributed by atoms with Crippen LogP contribution in [0.2, 0.25) is 0 Å². The van der Waals surface area contributed by atoms with Crippen LogP contribution in [-0.2, 0) is 6.42 Å². The third-order valence-electron chi connectivity index (χ3n) is 2.60. The number of benzene rings is 1. The first-order chi connectivity index (χ1) is 8.56. The maximum atomic E-state index is 13.4. The molecule has 1 unspecified atom stereocenters. The lowest BCUT2D eigenvalue weighted by Gasteiger charge is -2.11. The molecule has 1 atom stereocenters. The standard InChI is InChI=1S/C13H12BrFN2O/c14-10-2-1-9(7-11(10)15)12(18)5-8-3-4-17-13(16)6-8/h1-4,6-7,12,18H,5H2,(H2,16,17). The predicted octanol–water partition coefficient (Wildman–Crippen LogP) is 2.84. The summed E-state index contributed by atoms with van der Waals surface area (Å²) < 4.78 is 13.7. The van der Waals surface area contributed by atoms with E-state index in [2.05, 4.69) is 20.9 Å². The molecule has 1 aromatic carbocycles. The van der Waals surface area contributed by atoms with Gasteiger partial charge in [0.2, 0.25) is 0 Å². The largest absolute Gasteiger partial charge is 0.388 e. The molecule has 0 aliphatic heterocycles. The van der Waals surface area contributed by atoms with Gasteiger partial charge in [-0.05, 0) is 51.3 Å². The summed E-state index contributed by atoms with van der Waals surface area (Å²) in [6.07, 6.45) is 1.18. The second-order valence-corrected chi connectivity index (χ2v) is 4.84. The van der Waals surface area contributed by atoms with Crippen LogP contribution in [0.4, 0.5) is 10.2 Å². The second-order valence-electron chi connectivity index (χ2n) is 3.98. The Morgan fingerprint density at radius 3 is 2.78 bits per heavy atom. The van der Waals surface area contributed by atoms with E-state index >= 15 is 0 Å². The average Bonchev–Trinajstić information content (AvgIpc) is 2.32. The van der Waals surface area contributed by atoms with Crippen LogP contribution < -0.4 is 5.73 Å². The molecule has 5 heteroatoms. The Morgan fingerprint density at radius 1 is 1.33 bits per heavy atom. The van der Waals surface area contributed by atoms with Crippen molar-refractivity contribution in [2.75, 3.05) is 5.73 Å². The van der Waals surface area contributed by atoms with Gasteiger partial charge in [-0.15, -0.1) is 0 Å². The van der Waals surface area contributed by atoms with Crippen molar-refractivity contribution >= 4 is 21.7 Å². The van der Waals surface area contributed by atoms with E-state index in [0.29, 0.717) is 22.3 Å². The summed E-state index contributed by atoms with van der Waals surface area (Å²) in [5, 5.41) is 10.0. The van der Waals surface area contributed by atoms with Gasteiger partial charge in [0, 0.05) is 12.6 Å². The zero-order valence-electron chi connectivity index (χ0n) is 9.48. The number of halogens is 2. The van der Waals surface area contributed by atoms with Gasteiger partial charge >= 0.3 is 0 Å². The zero-order valence-corrected chi connectivity index (χ0v) is 11.1. The lowest BCUT2D eigenvalue weighted by Crippen LogP contribution is -2.03. The lowest BCUT2D eigenvalue weighted by molar-refractivity contribution is 0.178. The number of hydrogen-bond donors (Lipinski definition) is 2. The van der Waals surface area contributed by atoms with E-state index in [9.17, 15) is 9.50 Å². The Balaban J connectivity index is 2.16. The van der Waals surface area contributed by atoms with E-state index in [1.54, 1.807) is 30.5 Å². The van der Waals surface area contributed by atoms with E-state index in [4.69, 9.17) is 5.73 Å². The smallest absolute Gasteiger partial charge is 0.137 e. The summed E-state index contributed by atoms with van der Waals surface area (Å²) in [5.74, 6) is 0.0162. The Labute approximate surface area is 113 Å². The van der Waals surface area contributed by atoms with Crippen LogP contribution in [0.5, 0.6) is 0 Å². The molecule has 0 spiro atoms. The first-order valence-electron chi connectivity index (χ1n) is 5.39. The van der Waals surface area contributed by atoms with Crippen LogP contribution >= 0.6 is 15.9 Å². The lowest BCUT2D eigenvalue weighted by atomic mass is 10.0. The Hall–Kier alpha value is -1.46. The fraction of sp³-hybridized carbons (Fsp3) is 0.154.